The van der Waals surface area contributed by atoms with Crippen LogP contribution >= 0.6 is 0 Å². The van der Waals surface area contributed by atoms with Gasteiger partial charge in [0.1, 0.15) is 0 Å². The van der Waals surface area contributed by atoms with Crippen LogP contribution in [0.25, 0.3) is 0 Å². The molecule has 1 aromatic rings. The Labute approximate surface area is 77.3 Å². The van der Waals surface area contributed by atoms with Crippen molar-refractivity contribution in [3.63, 3.8) is 0 Å². The predicted molar refractivity (Wildman–Crippen MR) is 47.2 cm³/mol. The van der Waals surface area contributed by atoms with Crippen molar-refractivity contribution < 1.29 is 9.84 Å². The highest BCUT2D eigenvalue weighted by Crippen LogP contribution is 2.01. The lowest BCUT2D eigenvalue weighted by Gasteiger charge is -2.06. The average Bonchev–Trinajstić information content (AvgIpc) is 2.48. The number of rotatable bonds is 5. The molecular formula is C8H15N3O2. The Morgan fingerprint density at radius 3 is 3.00 bits per heavy atom. The van der Waals surface area contributed by atoms with Crippen molar-refractivity contribution in [2.75, 3.05) is 13.7 Å². The first-order valence-electron chi connectivity index (χ1n) is 4.24. The van der Waals surface area contributed by atoms with Crippen molar-refractivity contribution in [3.8, 4) is 0 Å². The second kappa shape index (κ2) is 4.94. The molecule has 1 atom stereocenters. The second-order valence-electron chi connectivity index (χ2n) is 3.02. The van der Waals surface area contributed by atoms with Crippen LogP contribution in [0.15, 0.2) is 6.20 Å². The molecule has 74 valence electrons. The third kappa shape index (κ3) is 3.52. The summed E-state index contributed by atoms with van der Waals surface area (Å²) in [4.78, 5) is 0. The molecule has 0 aliphatic carbocycles. The number of aliphatic hydroxyl groups is 1. The van der Waals surface area contributed by atoms with Crippen molar-refractivity contribution in [2.45, 2.75) is 18.9 Å². The summed E-state index contributed by atoms with van der Waals surface area (Å²) in [5.74, 6) is 0. The van der Waals surface area contributed by atoms with Crippen molar-refractivity contribution in [1.82, 2.24) is 15.0 Å². The van der Waals surface area contributed by atoms with Gasteiger partial charge in [-0.3, -0.25) is 4.68 Å². The van der Waals surface area contributed by atoms with E-state index in [0.717, 1.165) is 5.69 Å². The summed E-state index contributed by atoms with van der Waals surface area (Å²) in [6.45, 7) is 0.571. The fourth-order valence-corrected chi connectivity index (χ4v) is 1.09. The lowest BCUT2D eigenvalue weighted by molar-refractivity contribution is 0.109. The van der Waals surface area contributed by atoms with Crippen LogP contribution in [-0.2, 0) is 18.2 Å². The molecule has 5 heteroatoms. The molecule has 1 unspecified atom stereocenters. The quantitative estimate of drug-likeness (QED) is 0.687. The maximum atomic E-state index is 9.49. The summed E-state index contributed by atoms with van der Waals surface area (Å²) in [6.07, 6.45) is 2.58. The van der Waals surface area contributed by atoms with E-state index in [-0.39, 0.29) is 0 Å². The molecule has 0 bridgehead atoms. The zero-order valence-electron chi connectivity index (χ0n) is 7.97. The fourth-order valence-electron chi connectivity index (χ4n) is 1.09. The normalized spacial score (nSPS) is 13.2. The first-order chi connectivity index (χ1) is 6.22. The van der Waals surface area contributed by atoms with Crippen LogP contribution in [0.5, 0.6) is 0 Å². The first-order valence-corrected chi connectivity index (χ1v) is 4.24. The van der Waals surface area contributed by atoms with E-state index >= 15 is 0 Å². The maximum absolute atomic E-state index is 9.49. The first kappa shape index (κ1) is 10.1. The van der Waals surface area contributed by atoms with Crippen LogP contribution in [0, 0.1) is 0 Å². The van der Waals surface area contributed by atoms with Crippen LogP contribution in [0.4, 0.5) is 0 Å². The summed E-state index contributed by atoms with van der Waals surface area (Å²) in [6, 6.07) is 0. The van der Waals surface area contributed by atoms with Crippen molar-refractivity contribution >= 4 is 0 Å². The highest BCUT2D eigenvalue weighted by molar-refractivity contribution is 4.93. The number of methoxy groups -OCH3 is 1. The molecule has 0 radical (unpaired) electrons. The lowest BCUT2D eigenvalue weighted by atomic mass is 10.1. The van der Waals surface area contributed by atoms with Crippen LogP contribution in [-0.4, -0.2) is 39.9 Å². The molecular weight excluding hydrogens is 170 g/mol. The van der Waals surface area contributed by atoms with Crippen LogP contribution in [0.1, 0.15) is 12.1 Å². The Bertz CT molecular complexity index is 249. The lowest BCUT2D eigenvalue weighted by Crippen LogP contribution is -2.13. The molecule has 0 saturated heterocycles. The molecule has 1 rings (SSSR count). The standard InChI is InChI=1S/C8H15N3O2/c1-11-6-7(9-10-11)5-8(12)3-4-13-2/h6,8,12H,3-5H2,1-2H3. The number of ether oxygens (including phenoxy) is 1. The molecule has 1 N–H and O–H groups in total. The number of nitrogens with zero attached hydrogens (tertiary/aromatic N) is 3. The second-order valence-corrected chi connectivity index (χ2v) is 3.02. The van der Waals surface area contributed by atoms with Gasteiger partial charge in [0.15, 0.2) is 0 Å². The highest BCUT2D eigenvalue weighted by Gasteiger charge is 2.07. The van der Waals surface area contributed by atoms with Crippen molar-refractivity contribution in [3.05, 3.63) is 11.9 Å². The van der Waals surface area contributed by atoms with E-state index in [1.165, 1.54) is 0 Å². The van der Waals surface area contributed by atoms with Gasteiger partial charge < -0.3 is 9.84 Å². The van der Waals surface area contributed by atoms with E-state index in [1.807, 2.05) is 0 Å². The minimum atomic E-state index is -0.392. The molecule has 0 amide bonds. The smallest absolute Gasteiger partial charge is 0.0852 e. The Kier molecular flexibility index (Phi) is 3.85. The number of aryl methyl sites for hydroxylation is 1. The SMILES string of the molecule is COCCC(O)Cc1cn(C)nn1. The Morgan fingerprint density at radius 1 is 1.69 bits per heavy atom. The van der Waals surface area contributed by atoms with Gasteiger partial charge in [-0.15, -0.1) is 5.10 Å². The van der Waals surface area contributed by atoms with Gasteiger partial charge >= 0.3 is 0 Å². The Morgan fingerprint density at radius 2 is 2.46 bits per heavy atom. The summed E-state index contributed by atoms with van der Waals surface area (Å²) in [7, 11) is 3.42. The van der Waals surface area contributed by atoms with Gasteiger partial charge in [-0.1, -0.05) is 5.21 Å². The van der Waals surface area contributed by atoms with E-state index < -0.39 is 6.10 Å². The fraction of sp³-hybridized carbons (Fsp3) is 0.750. The summed E-state index contributed by atoms with van der Waals surface area (Å²) in [5.41, 5.74) is 0.811. The monoisotopic (exact) mass is 185 g/mol. The molecule has 0 aliphatic heterocycles. The molecule has 0 aromatic carbocycles. The topological polar surface area (TPSA) is 60.2 Å². The largest absolute Gasteiger partial charge is 0.393 e. The Balaban J connectivity index is 2.31. The highest BCUT2D eigenvalue weighted by atomic mass is 16.5. The summed E-state index contributed by atoms with van der Waals surface area (Å²) in [5, 5.41) is 17.1. The number of aliphatic hydroxyl groups excluding tert-OH is 1. The summed E-state index contributed by atoms with van der Waals surface area (Å²) >= 11 is 0. The summed E-state index contributed by atoms with van der Waals surface area (Å²) < 4.78 is 6.48. The average molecular weight is 185 g/mol. The van der Waals surface area contributed by atoms with Gasteiger partial charge in [0, 0.05) is 33.4 Å². The molecule has 13 heavy (non-hydrogen) atoms. The zero-order chi connectivity index (χ0) is 9.68. The van der Waals surface area contributed by atoms with Crippen molar-refractivity contribution in [1.29, 1.82) is 0 Å². The van der Waals surface area contributed by atoms with Crippen LogP contribution in [0.2, 0.25) is 0 Å². The van der Waals surface area contributed by atoms with Crippen LogP contribution in [0.3, 0.4) is 0 Å². The third-order valence-corrected chi connectivity index (χ3v) is 1.75. The third-order valence-electron chi connectivity index (χ3n) is 1.75. The molecule has 5 nitrogen and oxygen atoms in total. The van der Waals surface area contributed by atoms with Gasteiger partial charge in [-0.2, -0.15) is 0 Å². The Hall–Kier alpha value is -0.940. The van der Waals surface area contributed by atoms with Crippen LogP contribution < -0.4 is 0 Å². The van der Waals surface area contributed by atoms with E-state index in [9.17, 15) is 5.11 Å². The molecule has 0 aliphatic rings. The van der Waals surface area contributed by atoms with Gasteiger partial charge in [0.05, 0.1) is 11.8 Å². The van der Waals surface area contributed by atoms with Gasteiger partial charge in [0.2, 0.25) is 0 Å². The maximum Gasteiger partial charge on any atom is 0.0852 e. The van der Waals surface area contributed by atoms with E-state index in [1.54, 1.807) is 25.0 Å². The van der Waals surface area contributed by atoms with Gasteiger partial charge in [-0.25, -0.2) is 0 Å². The minimum absolute atomic E-state index is 0.392. The van der Waals surface area contributed by atoms with E-state index in [4.69, 9.17) is 4.74 Å². The molecule has 1 heterocycles. The molecule has 1 aromatic heterocycles. The number of aromatic nitrogens is 3. The molecule has 0 spiro atoms. The van der Waals surface area contributed by atoms with E-state index in [0.29, 0.717) is 19.4 Å². The van der Waals surface area contributed by atoms with E-state index in [2.05, 4.69) is 10.3 Å². The van der Waals surface area contributed by atoms with Gasteiger partial charge in [-0.05, 0) is 6.42 Å². The minimum Gasteiger partial charge on any atom is -0.393 e. The number of hydrogen-bond acceptors (Lipinski definition) is 4. The van der Waals surface area contributed by atoms with Crippen molar-refractivity contribution in [2.24, 2.45) is 7.05 Å². The van der Waals surface area contributed by atoms with Gasteiger partial charge in [0.25, 0.3) is 0 Å². The predicted octanol–water partition coefficient (Wildman–Crippen LogP) is -0.245. The molecule has 0 fully saturated rings. The zero-order valence-corrected chi connectivity index (χ0v) is 7.97. The number of hydrogen-bond donors (Lipinski definition) is 1. The molecule has 0 saturated carbocycles.